The van der Waals surface area contributed by atoms with Gasteiger partial charge in [-0.3, -0.25) is 14.6 Å². The van der Waals surface area contributed by atoms with Crippen LogP contribution < -0.4 is 10.7 Å². The van der Waals surface area contributed by atoms with E-state index in [2.05, 4.69) is 15.3 Å². The fraction of sp³-hybridized carbons (Fsp3) is 0.190. The minimum absolute atomic E-state index is 0.127. The van der Waals surface area contributed by atoms with Crippen molar-refractivity contribution in [2.75, 3.05) is 5.32 Å². The number of hydrogen-bond acceptors (Lipinski definition) is 3. The number of pyridine rings is 2. The van der Waals surface area contributed by atoms with Crippen LogP contribution in [0.2, 0.25) is 0 Å². The quantitative estimate of drug-likeness (QED) is 0.758. The summed E-state index contributed by atoms with van der Waals surface area (Å²) in [4.78, 5) is 32.8. The van der Waals surface area contributed by atoms with Crippen LogP contribution in [0.4, 0.5) is 5.69 Å². The Labute approximate surface area is 152 Å². The van der Waals surface area contributed by atoms with Crippen LogP contribution in [0.3, 0.4) is 0 Å². The third-order valence-corrected chi connectivity index (χ3v) is 4.41. The van der Waals surface area contributed by atoms with E-state index in [1.54, 1.807) is 13.1 Å². The molecule has 2 heterocycles. The summed E-state index contributed by atoms with van der Waals surface area (Å²) in [5.41, 5.74) is 4.66. The molecule has 0 fully saturated rings. The third kappa shape index (κ3) is 3.72. The number of anilines is 1. The first-order valence-corrected chi connectivity index (χ1v) is 8.46. The van der Waals surface area contributed by atoms with E-state index in [0.717, 1.165) is 16.8 Å². The number of aryl methyl sites for hydroxylation is 2. The van der Waals surface area contributed by atoms with E-state index in [0.29, 0.717) is 23.5 Å². The van der Waals surface area contributed by atoms with Gasteiger partial charge in [-0.2, -0.15) is 0 Å². The van der Waals surface area contributed by atoms with Crippen LogP contribution in [-0.2, 0) is 6.42 Å². The van der Waals surface area contributed by atoms with Crippen LogP contribution in [0.15, 0.2) is 53.5 Å². The van der Waals surface area contributed by atoms with E-state index in [1.165, 1.54) is 6.07 Å². The van der Waals surface area contributed by atoms with Gasteiger partial charge in [-0.05, 0) is 50.1 Å². The Morgan fingerprint density at radius 1 is 1.12 bits per heavy atom. The van der Waals surface area contributed by atoms with Crippen LogP contribution in [-0.4, -0.2) is 15.9 Å². The maximum Gasteiger partial charge on any atom is 0.261 e. The van der Waals surface area contributed by atoms with Crippen molar-refractivity contribution in [1.82, 2.24) is 9.97 Å². The molecule has 0 saturated heterocycles. The lowest BCUT2D eigenvalue weighted by atomic mass is 10.0. The summed E-state index contributed by atoms with van der Waals surface area (Å²) in [5.74, 6) is -0.411. The number of H-pyrrole nitrogens is 1. The SMILES string of the molecule is Cc1cc(=O)c(C(=O)Nc2cccc(C)c2C)c(Cc2ccccn2)[nH]1. The molecular weight excluding hydrogens is 326 g/mol. The van der Waals surface area contributed by atoms with E-state index in [4.69, 9.17) is 0 Å². The molecule has 3 rings (SSSR count). The number of hydrogen-bond donors (Lipinski definition) is 2. The molecule has 2 N–H and O–H groups in total. The summed E-state index contributed by atoms with van der Waals surface area (Å²) in [6.07, 6.45) is 2.08. The first-order chi connectivity index (χ1) is 12.5. The van der Waals surface area contributed by atoms with Gasteiger partial charge in [-0.1, -0.05) is 18.2 Å². The van der Waals surface area contributed by atoms with Crippen LogP contribution in [0.25, 0.3) is 0 Å². The smallest absolute Gasteiger partial charge is 0.261 e. The fourth-order valence-corrected chi connectivity index (χ4v) is 2.89. The van der Waals surface area contributed by atoms with Crippen LogP contribution in [0.1, 0.15) is 38.6 Å². The highest BCUT2D eigenvalue weighted by Crippen LogP contribution is 2.19. The van der Waals surface area contributed by atoms with Crippen LogP contribution in [0, 0.1) is 20.8 Å². The van der Waals surface area contributed by atoms with Gasteiger partial charge in [0.25, 0.3) is 5.91 Å². The number of rotatable bonds is 4. The largest absolute Gasteiger partial charge is 0.361 e. The molecule has 0 aliphatic carbocycles. The molecule has 0 atom stereocenters. The van der Waals surface area contributed by atoms with E-state index in [9.17, 15) is 9.59 Å². The number of carbonyl (C=O) groups excluding carboxylic acids is 1. The molecule has 1 amide bonds. The highest BCUT2D eigenvalue weighted by atomic mass is 16.2. The maximum atomic E-state index is 12.9. The molecule has 3 aromatic rings. The first kappa shape index (κ1) is 17.6. The van der Waals surface area contributed by atoms with Gasteiger partial charge in [0.15, 0.2) is 5.43 Å². The Balaban J connectivity index is 1.99. The second kappa shape index (κ2) is 7.35. The minimum Gasteiger partial charge on any atom is -0.361 e. The number of amides is 1. The highest BCUT2D eigenvalue weighted by Gasteiger charge is 2.18. The van der Waals surface area contributed by atoms with Crippen molar-refractivity contribution in [3.63, 3.8) is 0 Å². The second-order valence-corrected chi connectivity index (χ2v) is 6.37. The summed E-state index contributed by atoms with van der Waals surface area (Å²) < 4.78 is 0. The predicted molar refractivity (Wildman–Crippen MR) is 103 cm³/mol. The van der Waals surface area contributed by atoms with Crippen molar-refractivity contribution in [3.05, 3.63) is 92.7 Å². The van der Waals surface area contributed by atoms with Crippen molar-refractivity contribution in [2.45, 2.75) is 27.2 Å². The van der Waals surface area contributed by atoms with Gasteiger partial charge in [-0.15, -0.1) is 0 Å². The normalized spacial score (nSPS) is 10.6. The molecule has 0 saturated carbocycles. The Morgan fingerprint density at radius 3 is 2.65 bits per heavy atom. The molecular formula is C21H21N3O2. The van der Waals surface area contributed by atoms with Crippen LogP contribution in [0.5, 0.6) is 0 Å². The van der Waals surface area contributed by atoms with Crippen LogP contribution >= 0.6 is 0 Å². The molecule has 2 aromatic heterocycles. The molecule has 132 valence electrons. The molecule has 0 spiro atoms. The molecule has 0 bridgehead atoms. The molecule has 0 unspecified atom stereocenters. The number of aromatic nitrogens is 2. The van der Waals surface area contributed by atoms with Crippen molar-refractivity contribution in [1.29, 1.82) is 0 Å². The van der Waals surface area contributed by atoms with E-state index < -0.39 is 5.91 Å². The highest BCUT2D eigenvalue weighted by molar-refractivity contribution is 6.05. The topological polar surface area (TPSA) is 74.8 Å². The lowest BCUT2D eigenvalue weighted by molar-refractivity contribution is 0.102. The predicted octanol–water partition coefficient (Wildman–Crippen LogP) is 3.54. The third-order valence-electron chi connectivity index (χ3n) is 4.41. The number of nitrogens with one attached hydrogen (secondary N) is 2. The van der Waals surface area contributed by atoms with Gasteiger partial charge in [0.05, 0.1) is 0 Å². The second-order valence-electron chi connectivity index (χ2n) is 6.37. The van der Waals surface area contributed by atoms with Gasteiger partial charge in [0, 0.05) is 41.5 Å². The molecule has 0 aliphatic rings. The summed E-state index contributed by atoms with van der Waals surface area (Å²) in [6.45, 7) is 5.73. The summed E-state index contributed by atoms with van der Waals surface area (Å²) in [7, 11) is 0. The molecule has 5 nitrogen and oxygen atoms in total. The standard InChI is InChI=1S/C21H21N3O2/c1-13-7-6-9-17(15(13)3)24-21(26)20-18(23-14(2)11-19(20)25)12-16-8-4-5-10-22-16/h4-11H,12H2,1-3H3,(H,23,25)(H,24,26). The van der Waals surface area contributed by atoms with Gasteiger partial charge in [0.2, 0.25) is 0 Å². The lowest BCUT2D eigenvalue weighted by Gasteiger charge is -2.13. The van der Waals surface area contributed by atoms with E-state index >= 15 is 0 Å². The zero-order valence-electron chi connectivity index (χ0n) is 15.1. The first-order valence-electron chi connectivity index (χ1n) is 8.46. The minimum atomic E-state index is -0.411. The van der Waals surface area contributed by atoms with Gasteiger partial charge in [-0.25, -0.2) is 0 Å². The monoisotopic (exact) mass is 347 g/mol. The van der Waals surface area contributed by atoms with E-state index in [1.807, 2.05) is 50.2 Å². The maximum absolute atomic E-state index is 12.9. The van der Waals surface area contributed by atoms with Gasteiger partial charge < -0.3 is 10.3 Å². The van der Waals surface area contributed by atoms with Crippen molar-refractivity contribution < 1.29 is 4.79 Å². The van der Waals surface area contributed by atoms with Crippen molar-refractivity contribution >= 4 is 11.6 Å². The average molecular weight is 347 g/mol. The number of benzene rings is 1. The summed E-state index contributed by atoms with van der Waals surface area (Å²) >= 11 is 0. The summed E-state index contributed by atoms with van der Waals surface area (Å²) in [6, 6.07) is 12.7. The molecule has 0 aliphatic heterocycles. The Hall–Kier alpha value is -3.21. The number of nitrogens with zero attached hydrogens (tertiary/aromatic N) is 1. The number of carbonyl (C=O) groups is 1. The molecule has 5 heteroatoms. The molecule has 26 heavy (non-hydrogen) atoms. The van der Waals surface area contributed by atoms with Crippen molar-refractivity contribution in [3.8, 4) is 0 Å². The van der Waals surface area contributed by atoms with E-state index in [-0.39, 0.29) is 11.0 Å². The van der Waals surface area contributed by atoms with Crippen molar-refractivity contribution in [2.24, 2.45) is 0 Å². The Bertz CT molecular complexity index is 1010. The fourth-order valence-electron chi connectivity index (χ4n) is 2.89. The zero-order valence-corrected chi connectivity index (χ0v) is 15.1. The molecule has 1 aromatic carbocycles. The number of aromatic amines is 1. The summed E-state index contributed by atoms with van der Waals surface area (Å²) in [5, 5.41) is 2.87. The average Bonchev–Trinajstić information content (AvgIpc) is 2.59. The van der Waals surface area contributed by atoms with Gasteiger partial charge >= 0.3 is 0 Å². The zero-order chi connectivity index (χ0) is 18.7. The Morgan fingerprint density at radius 2 is 1.92 bits per heavy atom. The lowest BCUT2D eigenvalue weighted by Crippen LogP contribution is -2.25. The Kier molecular flexibility index (Phi) is 4.98. The molecule has 0 radical (unpaired) electrons. The van der Waals surface area contributed by atoms with Gasteiger partial charge in [0.1, 0.15) is 5.56 Å².